The second-order valence-corrected chi connectivity index (χ2v) is 8.15. The van der Waals surface area contributed by atoms with Gasteiger partial charge in [-0.25, -0.2) is 4.98 Å². The minimum atomic E-state index is 0.496. The number of rotatable bonds is 10. The third-order valence-corrected chi connectivity index (χ3v) is 6.19. The number of ether oxygens (including phenoxy) is 1. The van der Waals surface area contributed by atoms with E-state index in [-0.39, 0.29) is 0 Å². The van der Waals surface area contributed by atoms with Crippen molar-refractivity contribution >= 4 is 5.96 Å². The van der Waals surface area contributed by atoms with Crippen LogP contribution in [0.4, 0.5) is 0 Å². The Hall–Kier alpha value is -2.38. The van der Waals surface area contributed by atoms with E-state index in [4.69, 9.17) is 4.74 Å². The summed E-state index contributed by atoms with van der Waals surface area (Å²) < 4.78 is 7.65. The van der Waals surface area contributed by atoms with Crippen LogP contribution < -0.4 is 10.6 Å². The molecule has 1 aromatic heterocycles. The molecule has 31 heavy (non-hydrogen) atoms. The Morgan fingerprint density at radius 2 is 1.94 bits per heavy atom. The fraction of sp³-hybridized carbons (Fsp3) is 0.583. The Bertz CT molecular complexity index is 781. The number of morpholine rings is 1. The molecule has 1 aliphatic rings. The van der Waals surface area contributed by atoms with Crippen LogP contribution in [0, 0.1) is 5.92 Å². The molecule has 0 spiro atoms. The number of aromatic nitrogens is 2. The van der Waals surface area contributed by atoms with Gasteiger partial charge in [0.1, 0.15) is 0 Å². The minimum absolute atomic E-state index is 0.496. The first-order chi connectivity index (χ1) is 15.2. The lowest BCUT2D eigenvalue weighted by Crippen LogP contribution is -2.53. The molecule has 0 radical (unpaired) electrons. The predicted molar refractivity (Wildman–Crippen MR) is 126 cm³/mol. The lowest BCUT2D eigenvalue weighted by Gasteiger charge is -2.39. The molecule has 1 aromatic carbocycles. The first-order valence-electron chi connectivity index (χ1n) is 11.5. The largest absolute Gasteiger partial charge is 0.379 e. The summed E-state index contributed by atoms with van der Waals surface area (Å²) in [5, 5.41) is 7.06. The maximum atomic E-state index is 5.57. The number of benzene rings is 1. The second kappa shape index (κ2) is 12.5. The quantitative estimate of drug-likeness (QED) is 0.452. The van der Waals surface area contributed by atoms with Gasteiger partial charge in [0.15, 0.2) is 5.96 Å². The van der Waals surface area contributed by atoms with Crippen LogP contribution in [0.15, 0.2) is 48.0 Å². The molecular formula is C24H38N6O. The van der Waals surface area contributed by atoms with Gasteiger partial charge in [0.2, 0.25) is 0 Å². The summed E-state index contributed by atoms with van der Waals surface area (Å²) in [6, 6.07) is 9.15. The topological polar surface area (TPSA) is 66.7 Å². The van der Waals surface area contributed by atoms with Crippen molar-refractivity contribution in [3.8, 4) is 0 Å². The fourth-order valence-corrected chi connectivity index (χ4v) is 4.37. The average molecular weight is 427 g/mol. The van der Waals surface area contributed by atoms with Crippen LogP contribution in [0.3, 0.4) is 0 Å². The first kappa shape index (κ1) is 23.3. The Labute approximate surface area is 186 Å². The zero-order valence-electron chi connectivity index (χ0n) is 19.3. The second-order valence-electron chi connectivity index (χ2n) is 8.15. The molecule has 0 amide bonds. The van der Waals surface area contributed by atoms with Crippen LogP contribution in [0.1, 0.15) is 37.8 Å². The zero-order valence-corrected chi connectivity index (χ0v) is 19.3. The van der Waals surface area contributed by atoms with Crippen LogP contribution in [-0.4, -0.2) is 66.3 Å². The highest BCUT2D eigenvalue weighted by Crippen LogP contribution is 2.19. The molecule has 2 aromatic rings. The summed E-state index contributed by atoms with van der Waals surface area (Å²) in [7, 11) is 1.84. The van der Waals surface area contributed by atoms with Crippen molar-refractivity contribution in [1.29, 1.82) is 0 Å². The van der Waals surface area contributed by atoms with Gasteiger partial charge in [-0.2, -0.15) is 0 Å². The fourth-order valence-electron chi connectivity index (χ4n) is 4.37. The molecule has 0 aliphatic carbocycles. The lowest BCUT2D eigenvalue weighted by molar-refractivity contribution is 0.00272. The average Bonchev–Trinajstić information content (AvgIpc) is 3.32. The Kier molecular flexibility index (Phi) is 9.37. The van der Waals surface area contributed by atoms with E-state index in [9.17, 15) is 0 Å². The van der Waals surface area contributed by atoms with E-state index in [0.717, 1.165) is 51.9 Å². The molecule has 2 N–H and O–H groups in total. The number of aliphatic imine (C=N–C) groups is 1. The molecule has 1 aliphatic heterocycles. The van der Waals surface area contributed by atoms with Gasteiger partial charge in [-0.1, -0.05) is 51.0 Å². The minimum Gasteiger partial charge on any atom is -0.379 e. The highest BCUT2D eigenvalue weighted by atomic mass is 16.5. The molecule has 0 saturated carbocycles. The summed E-state index contributed by atoms with van der Waals surface area (Å²) in [6.45, 7) is 10.8. The zero-order chi connectivity index (χ0) is 21.9. The number of imidazole rings is 1. The van der Waals surface area contributed by atoms with Gasteiger partial charge in [0.05, 0.1) is 19.5 Å². The standard InChI is InChI=1S/C24H38N6O/c1-4-22(5-2)23(30-11-13-31-14-12-30)17-28-24(25-3)27-16-20-7-6-8-21(15-20)18-29-10-9-26-19-29/h6-10,15,19,22-23H,4-5,11-14,16-18H2,1-3H3,(H2,25,27,28). The summed E-state index contributed by atoms with van der Waals surface area (Å²) in [5.74, 6) is 1.52. The highest BCUT2D eigenvalue weighted by Gasteiger charge is 2.26. The van der Waals surface area contributed by atoms with E-state index in [0.29, 0.717) is 12.0 Å². The summed E-state index contributed by atoms with van der Waals surface area (Å²) in [5.41, 5.74) is 2.51. The van der Waals surface area contributed by atoms with Crippen LogP contribution in [0.25, 0.3) is 0 Å². The van der Waals surface area contributed by atoms with E-state index in [1.807, 2.05) is 25.8 Å². The first-order valence-corrected chi connectivity index (χ1v) is 11.5. The van der Waals surface area contributed by atoms with Crippen molar-refractivity contribution in [1.82, 2.24) is 25.1 Å². The van der Waals surface area contributed by atoms with Crippen molar-refractivity contribution in [2.75, 3.05) is 39.9 Å². The van der Waals surface area contributed by atoms with Gasteiger partial charge >= 0.3 is 0 Å². The third kappa shape index (κ3) is 7.08. The van der Waals surface area contributed by atoms with Gasteiger partial charge in [-0.15, -0.1) is 0 Å². The van der Waals surface area contributed by atoms with Gasteiger partial charge < -0.3 is 19.9 Å². The number of hydrogen-bond acceptors (Lipinski definition) is 4. The number of nitrogens with zero attached hydrogens (tertiary/aromatic N) is 4. The van der Waals surface area contributed by atoms with Crippen LogP contribution in [-0.2, 0) is 17.8 Å². The van der Waals surface area contributed by atoms with Crippen LogP contribution in [0.2, 0.25) is 0 Å². The van der Waals surface area contributed by atoms with Crippen molar-refractivity contribution in [2.45, 2.75) is 45.8 Å². The molecule has 3 rings (SSSR count). The SMILES string of the molecule is CCC(CC)C(CNC(=NC)NCc1cccc(Cn2ccnc2)c1)N1CCOCC1. The molecule has 1 fully saturated rings. The number of nitrogens with one attached hydrogen (secondary N) is 2. The lowest BCUT2D eigenvalue weighted by atomic mass is 9.92. The van der Waals surface area contributed by atoms with E-state index < -0.39 is 0 Å². The van der Waals surface area contributed by atoms with Crippen LogP contribution >= 0.6 is 0 Å². The predicted octanol–water partition coefficient (Wildman–Crippen LogP) is 2.73. The Morgan fingerprint density at radius 3 is 2.61 bits per heavy atom. The van der Waals surface area contributed by atoms with Gasteiger partial charge in [0.25, 0.3) is 0 Å². The Balaban J connectivity index is 1.54. The van der Waals surface area contributed by atoms with Crippen molar-refractivity contribution in [3.05, 3.63) is 54.1 Å². The summed E-state index contributed by atoms with van der Waals surface area (Å²) in [4.78, 5) is 11.2. The third-order valence-electron chi connectivity index (χ3n) is 6.19. The molecule has 1 unspecified atom stereocenters. The van der Waals surface area contributed by atoms with Gasteiger partial charge in [0, 0.05) is 58.2 Å². The molecule has 7 heteroatoms. The highest BCUT2D eigenvalue weighted by molar-refractivity contribution is 5.79. The maximum absolute atomic E-state index is 5.57. The summed E-state index contributed by atoms with van der Waals surface area (Å²) in [6.07, 6.45) is 8.03. The van der Waals surface area contributed by atoms with Gasteiger partial charge in [-0.3, -0.25) is 9.89 Å². The molecule has 1 atom stereocenters. The molecule has 7 nitrogen and oxygen atoms in total. The van der Waals surface area contributed by atoms with Crippen LogP contribution in [0.5, 0.6) is 0 Å². The molecule has 2 heterocycles. The normalized spacial score (nSPS) is 16.5. The molecule has 0 bridgehead atoms. The molecule has 170 valence electrons. The number of hydrogen-bond donors (Lipinski definition) is 2. The maximum Gasteiger partial charge on any atom is 0.191 e. The monoisotopic (exact) mass is 426 g/mol. The van der Waals surface area contributed by atoms with E-state index in [2.05, 4.69) is 68.2 Å². The van der Waals surface area contributed by atoms with Gasteiger partial charge in [-0.05, 0) is 17.0 Å². The number of guanidine groups is 1. The van der Waals surface area contributed by atoms with E-state index in [1.54, 1.807) is 0 Å². The molecular weight excluding hydrogens is 388 g/mol. The van der Waals surface area contributed by atoms with Crippen molar-refractivity contribution in [2.24, 2.45) is 10.9 Å². The van der Waals surface area contributed by atoms with E-state index >= 15 is 0 Å². The molecule has 1 saturated heterocycles. The smallest absolute Gasteiger partial charge is 0.191 e. The van der Waals surface area contributed by atoms with Crippen molar-refractivity contribution < 1.29 is 4.74 Å². The summed E-state index contributed by atoms with van der Waals surface area (Å²) >= 11 is 0. The van der Waals surface area contributed by atoms with E-state index in [1.165, 1.54) is 24.0 Å². The van der Waals surface area contributed by atoms with Crippen molar-refractivity contribution in [3.63, 3.8) is 0 Å². The Morgan fingerprint density at radius 1 is 1.16 bits per heavy atom.